The van der Waals surface area contributed by atoms with E-state index in [9.17, 15) is 9.59 Å². The number of aryl methyl sites for hydroxylation is 1. The number of aromatic amines is 1. The number of hydrogen-bond donors (Lipinski definition) is 2. The lowest BCUT2D eigenvalue weighted by Crippen LogP contribution is -2.33. The molecule has 0 spiro atoms. The number of nitrogens with one attached hydrogen (secondary N) is 2. The average molecular weight is 401 g/mol. The van der Waals surface area contributed by atoms with Crippen LogP contribution in [0.3, 0.4) is 0 Å². The molecule has 30 heavy (non-hydrogen) atoms. The van der Waals surface area contributed by atoms with Crippen LogP contribution >= 0.6 is 0 Å². The number of rotatable bonds is 8. The van der Waals surface area contributed by atoms with Gasteiger partial charge in [0.05, 0.1) is 17.3 Å². The van der Waals surface area contributed by atoms with Crippen molar-refractivity contribution in [3.8, 4) is 6.07 Å². The van der Waals surface area contributed by atoms with Crippen LogP contribution < -0.4 is 10.2 Å². The van der Waals surface area contributed by atoms with Crippen LogP contribution in [0.4, 0.5) is 5.69 Å². The van der Waals surface area contributed by atoms with Crippen LogP contribution in [0.15, 0.2) is 54.6 Å². The molecule has 0 unspecified atom stereocenters. The lowest BCUT2D eigenvalue weighted by atomic mass is 10.1. The molecule has 0 bridgehead atoms. The molecular formula is C23H23N5O2. The Labute approximate surface area is 175 Å². The summed E-state index contributed by atoms with van der Waals surface area (Å²) in [5.74, 6) is -0.476. The maximum Gasteiger partial charge on any atom is 0.251 e. The highest BCUT2D eigenvalue weighted by molar-refractivity contribution is 6.04. The van der Waals surface area contributed by atoms with E-state index in [1.807, 2.05) is 61.5 Å². The molecule has 1 heterocycles. The molecule has 3 aromatic rings. The Bertz CT molecular complexity index is 1100. The summed E-state index contributed by atoms with van der Waals surface area (Å²) < 4.78 is 0. The first kappa shape index (κ1) is 20.8. The van der Waals surface area contributed by atoms with Gasteiger partial charge in [0, 0.05) is 30.2 Å². The molecule has 0 aliphatic carbocycles. The second-order valence-electron chi connectivity index (χ2n) is 6.81. The number of benzene rings is 2. The van der Waals surface area contributed by atoms with Crippen molar-refractivity contribution in [1.29, 1.82) is 5.26 Å². The van der Waals surface area contributed by atoms with Crippen molar-refractivity contribution in [3.63, 3.8) is 0 Å². The number of nitriles is 1. The van der Waals surface area contributed by atoms with Gasteiger partial charge in [0.15, 0.2) is 0 Å². The van der Waals surface area contributed by atoms with Gasteiger partial charge >= 0.3 is 0 Å². The van der Waals surface area contributed by atoms with Gasteiger partial charge in [0.2, 0.25) is 5.91 Å². The van der Waals surface area contributed by atoms with E-state index in [0.717, 1.165) is 27.8 Å². The van der Waals surface area contributed by atoms with Crippen LogP contribution in [0.1, 0.15) is 24.1 Å². The molecule has 0 aliphatic rings. The lowest BCUT2D eigenvalue weighted by Gasteiger charge is -2.21. The van der Waals surface area contributed by atoms with Crippen molar-refractivity contribution >= 4 is 34.5 Å². The highest BCUT2D eigenvalue weighted by Gasteiger charge is 2.13. The van der Waals surface area contributed by atoms with Crippen LogP contribution in [0.25, 0.3) is 17.0 Å². The molecule has 0 radical (unpaired) electrons. The minimum atomic E-state index is -0.309. The van der Waals surface area contributed by atoms with Crippen LogP contribution in [-0.2, 0) is 9.59 Å². The van der Waals surface area contributed by atoms with E-state index in [2.05, 4.69) is 15.5 Å². The zero-order chi connectivity index (χ0) is 21.3. The van der Waals surface area contributed by atoms with Crippen molar-refractivity contribution < 1.29 is 9.59 Å². The molecule has 3 rings (SSSR count). The molecule has 2 amide bonds. The molecule has 152 valence electrons. The highest BCUT2D eigenvalue weighted by atomic mass is 16.2. The van der Waals surface area contributed by atoms with Crippen molar-refractivity contribution in [2.24, 2.45) is 0 Å². The van der Waals surface area contributed by atoms with Crippen LogP contribution in [0, 0.1) is 18.3 Å². The molecule has 0 aliphatic heterocycles. The first-order valence-electron chi connectivity index (χ1n) is 9.72. The van der Waals surface area contributed by atoms with Crippen molar-refractivity contribution in [1.82, 2.24) is 15.5 Å². The second kappa shape index (κ2) is 10.0. The molecule has 0 fully saturated rings. The Balaban J connectivity index is 1.71. The highest BCUT2D eigenvalue weighted by Crippen LogP contribution is 2.20. The quantitative estimate of drug-likeness (QED) is 0.446. The number of para-hydroxylation sites is 2. The number of carbonyl (C=O) groups is 2. The number of aromatic nitrogens is 2. The minimum Gasteiger partial charge on any atom is -0.355 e. The number of hydrogen-bond acceptors (Lipinski definition) is 4. The van der Waals surface area contributed by atoms with E-state index >= 15 is 0 Å². The summed E-state index contributed by atoms with van der Waals surface area (Å²) in [5, 5.41) is 19.5. The Hall–Kier alpha value is -3.92. The first-order chi connectivity index (χ1) is 14.6. The molecule has 0 atom stereocenters. The summed E-state index contributed by atoms with van der Waals surface area (Å²) in [6.45, 7) is 2.82. The number of fused-ring (bicyclic) bond motifs is 1. The van der Waals surface area contributed by atoms with E-state index in [-0.39, 0.29) is 18.2 Å². The number of nitrogens with zero attached hydrogens (tertiary/aromatic N) is 3. The fourth-order valence-electron chi connectivity index (χ4n) is 3.15. The molecule has 2 N–H and O–H groups in total. The van der Waals surface area contributed by atoms with Crippen LogP contribution in [0.5, 0.6) is 0 Å². The average Bonchev–Trinajstić information content (AvgIpc) is 3.17. The maximum atomic E-state index is 12.9. The standard InChI is InChI=1S/C23H23N5O2/c1-17-7-5-10-19-20(26-27-23(17)19)11-12-22(30)28(18-8-3-2-4-9-18)16-6-15-25-21(29)13-14-24/h2-5,7-12H,6,13,15-16H2,1H3,(H,25,29)(H,26,27)/b12-11+. The van der Waals surface area contributed by atoms with E-state index in [0.29, 0.717) is 19.5 Å². The second-order valence-corrected chi connectivity index (χ2v) is 6.81. The SMILES string of the molecule is Cc1cccc2c(/C=C/C(=O)N(CCCNC(=O)CC#N)c3ccccc3)[nH]nc12. The van der Waals surface area contributed by atoms with E-state index in [4.69, 9.17) is 5.26 Å². The normalized spacial score (nSPS) is 10.8. The summed E-state index contributed by atoms with van der Waals surface area (Å²) in [7, 11) is 0. The van der Waals surface area contributed by atoms with Gasteiger partial charge in [-0.1, -0.05) is 36.4 Å². The number of amides is 2. The van der Waals surface area contributed by atoms with Crippen molar-refractivity contribution in [2.75, 3.05) is 18.0 Å². The van der Waals surface area contributed by atoms with Gasteiger partial charge in [-0.25, -0.2) is 0 Å². The van der Waals surface area contributed by atoms with Gasteiger partial charge in [-0.05, 0) is 37.1 Å². The zero-order valence-electron chi connectivity index (χ0n) is 16.8. The summed E-state index contributed by atoms with van der Waals surface area (Å²) >= 11 is 0. The Kier molecular flexibility index (Phi) is 6.95. The van der Waals surface area contributed by atoms with Gasteiger partial charge in [-0.15, -0.1) is 0 Å². The fraction of sp³-hybridized carbons (Fsp3) is 0.217. The monoisotopic (exact) mass is 401 g/mol. The van der Waals surface area contributed by atoms with Gasteiger partial charge in [-0.3, -0.25) is 14.7 Å². The largest absolute Gasteiger partial charge is 0.355 e. The van der Waals surface area contributed by atoms with Crippen molar-refractivity contribution in [2.45, 2.75) is 19.8 Å². The van der Waals surface area contributed by atoms with Crippen molar-refractivity contribution in [3.05, 3.63) is 65.9 Å². The number of H-pyrrole nitrogens is 1. The Morgan fingerprint density at radius 2 is 2.00 bits per heavy atom. The molecule has 0 saturated heterocycles. The minimum absolute atomic E-state index is 0.165. The molecule has 2 aromatic carbocycles. The number of anilines is 1. The zero-order valence-corrected chi connectivity index (χ0v) is 16.8. The third kappa shape index (κ3) is 5.11. The molecule has 1 aromatic heterocycles. The third-order valence-electron chi connectivity index (χ3n) is 4.66. The molecule has 7 heteroatoms. The molecule has 7 nitrogen and oxygen atoms in total. The van der Waals surface area contributed by atoms with Crippen LogP contribution in [0.2, 0.25) is 0 Å². The van der Waals surface area contributed by atoms with Crippen LogP contribution in [-0.4, -0.2) is 35.1 Å². The van der Waals surface area contributed by atoms with E-state index in [1.165, 1.54) is 6.08 Å². The summed E-state index contributed by atoms with van der Waals surface area (Å²) in [6, 6.07) is 17.1. The smallest absolute Gasteiger partial charge is 0.251 e. The van der Waals surface area contributed by atoms with E-state index < -0.39 is 0 Å². The topological polar surface area (TPSA) is 102 Å². The first-order valence-corrected chi connectivity index (χ1v) is 9.72. The van der Waals surface area contributed by atoms with Gasteiger partial charge in [0.25, 0.3) is 5.91 Å². The van der Waals surface area contributed by atoms with E-state index in [1.54, 1.807) is 11.0 Å². The predicted octanol–water partition coefficient (Wildman–Crippen LogP) is 3.34. The van der Waals surface area contributed by atoms with Gasteiger partial charge < -0.3 is 10.2 Å². The fourth-order valence-corrected chi connectivity index (χ4v) is 3.15. The predicted molar refractivity (Wildman–Crippen MR) is 117 cm³/mol. The lowest BCUT2D eigenvalue weighted by molar-refractivity contribution is -0.120. The van der Waals surface area contributed by atoms with Gasteiger partial charge in [-0.2, -0.15) is 10.4 Å². The van der Waals surface area contributed by atoms with Gasteiger partial charge in [0.1, 0.15) is 6.42 Å². The maximum absolute atomic E-state index is 12.9. The summed E-state index contributed by atoms with van der Waals surface area (Å²) in [6.07, 6.45) is 3.66. The third-order valence-corrected chi connectivity index (χ3v) is 4.66. The summed E-state index contributed by atoms with van der Waals surface area (Å²) in [5.41, 5.74) is 3.51. The Morgan fingerprint density at radius 3 is 2.77 bits per heavy atom. The molecular weight excluding hydrogens is 378 g/mol. The molecule has 0 saturated carbocycles. The Morgan fingerprint density at radius 1 is 1.20 bits per heavy atom. The number of carbonyl (C=O) groups excluding carboxylic acids is 2. The summed E-state index contributed by atoms with van der Waals surface area (Å²) in [4.78, 5) is 26.0.